The molecule has 1 heterocycles. The van der Waals surface area contributed by atoms with Gasteiger partial charge < -0.3 is 16.0 Å². The van der Waals surface area contributed by atoms with Gasteiger partial charge in [0, 0.05) is 30.8 Å². The molecule has 6 heteroatoms. The summed E-state index contributed by atoms with van der Waals surface area (Å²) in [5.74, 6) is -1.02. The van der Waals surface area contributed by atoms with Gasteiger partial charge in [-0.3, -0.25) is 14.4 Å². The summed E-state index contributed by atoms with van der Waals surface area (Å²) >= 11 is 0. The number of hydrogen-bond donors (Lipinski definition) is 2. The van der Waals surface area contributed by atoms with Crippen LogP contribution < -0.4 is 16.0 Å². The number of benzene rings is 1. The summed E-state index contributed by atoms with van der Waals surface area (Å²) in [6, 6.07) is 6.99. The standard InChI is InChI=1S/C15H19N3O3/c1-2-3-13(19)17-11-4-6-12(7-5-11)18-9-10(15(16)21)8-14(18)20/h4-7,10H,2-3,8-9H2,1H3,(H2,16,21)(H,17,19). The van der Waals surface area contributed by atoms with Gasteiger partial charge in [-0.1, -0.05) is 6.92 Å². The SMILES string of the molecule is CCCC(=O)Nc1ccc(N2CC(C(N)=O)CC2=O)cc1. The number of nitrogens with two attached hydrogens (primary N) is 1. The molecule has 21 heavy (non-hydrogen) atoms. The molecule has 6 nitrogen and oxygen atoms in total. The highest BCUT2D eigenvalue weighted by Gasteiger charge is 2.33. The van der Waals surface area contributed by atoms with Crippen LogP contribution in [0.15, 0.2) is 24.3 Å². The maximum atomic E-state index is 11.9. The number of carbonyl (C=O) groups is 3. The minimum atomic E-state index is -0.450. The third-order valence-corrected chi connectivity index (χ3v) is 3.47. The van der Waals surface area contributed by atoms with E-state index < -0.39 is 11.8 Å². The fraction of sp³-hybridized carbons (Fsp3) is 0.400. The second kappa shape index (κ2) is 6.39. The van der Waals surface area contributed by atoms with E-state index in [0.717, 1.165) is 6.42 Å². The summed E-state index contributed by atoms with van der Waals surface area (Å²) in [7, 11) is 0. The first-order valence-corrected chi connectivity index (χ1v) is 7.01. The Hall–Kier alpha value is -2.37. The number of nitrogens with one attached hydrogen (secondary N) is 1. The van der Waals surface area contributed by atoms with Crippen LogP contribution in [0.2, 0.25) is 0 Å². The lowest BCUT2D eigenvalue weighted by atomic mass is 10.1. The van der Waals surface area contributed by atoms with Crippen molar-refractivity contribution < 1.29 is 14.4 Å². The normalized spacial score (nSPS) is 17.9. The first-order valence-electron chi connectivity index (χ1n) is 7.01. The zero-order valence-corrected chi connectivity index (χ0v) is 12.0. The zero-order valence-electron chi connectivity index (χ0n) is 12.0. The highest BCUT2D eigenvalue weighted by Crippen LogP contribution is 2.26. The van der Waals surface area contributed by atoms with Crippen LogP contribution in [0.3, 0.4) is 0 Å². The van der Waals surface area contributed by atoms with Gasteiger partial charge in [0.25, 0.3) is 0 Å². The summed E-state index contributed by atoms with van der Waals surface area (Å²) in [5.41, 5.74) is 6.64. The molecular formula is C15H19N3O3. The molecule has 1 aliphatic rings. The van der Waals surface area contributed by atoms with Gasteiger partial charge in [0.2, 0.25) is 17.7 Å². The van der Waals surface area contributed by atoms with Crippen LogP contribution in [-0.4, -0.2) is 24.3 Å². The first kappa shape index (κ1) is 15.0. The average Bonchev–Trinajstić information content (AvgIpc) is 2.82. The largest absolute Gasteiger partial charge is 0.369 e. The number of rotatable bonds is 5. The molecule has 1 aliphatic heterocycles. The van der Waals surface area contributed by atoms with Crippen LogP contribution in [0.4, 0.5) is 11.4 Å². The average molecular weight is 289 g/mol. The predicted octanol–water partition coefficient (Wildman–Crippen LogP) is 1.26. The van der Waals surface area contributed by atoms with Crippen LogP contribution in [-0.2, 0) is 14.4 Å². The van der Waals surface area contributed by atoms with Crippen molar-refractivity contribution in [2.75, 3.05) is 16.8 Å². The predicted molar refractivity (Wildman–Crippen MR) is 79.6 cm³/mol. The van der Waals surface area contributed by atoms with Gasteiger partial charge in [-0.2, -0.15) is 0 Å². The van der Waals surface area contributed by atoms with Gasteiger partial charge in [0.1, 0.15) is 0 Å². The molecule has 0 aliphatic carbocycles. The molecular weight excluding hydrogens is 270 g/mol. The Balaban J connectivity index is 2.04. The molecule has 0 aromatic heterocycles. The molecule has 1 aromatic rings. The molecule has 1 atom stereocenters. The molecule has 2 rings (SSSR count). The minimum absolute atomic E-state index is 0.0312. The first-order chi connectivity index (χ1) is 10.0. The van der Waals surface area contributed by atoms with E-state index in [9.17, 15) is 14.4 Å². The Labute approximate surface area is 123 Å². The van der Waals surface area contributed by atoms with Crippen molar-refractivity contribution in [2.24, 2.45) is 11.7 Å². The zero-order chi connectivity index (χ0) is 15.4. The highest BCUT2D eigenvalue weighted by molar-refractivity contribution is 6.00. The van der Waals surface area contributed by atoms with Gasteiger partial charge >= 0.3 is 0 Å². The van der Waals surface area contributed by atoms with E-state index in [-0.39, 0.29) is 18.2 Å². The molecule has 0 spiro atoms. The summed E-state index contributed by atoms with van der Waals surface area (Å²) in [5, 5.41) is 2.78. The van der Waals surface area contributed by atoms with Crippen molar-refractivity contribution in [3.63, 3.8) is 0 Å². The molecule has 0 bridgehead atoms. The number of anilines is 2. The summed E-state index contributed by atoms with van der Waals surface area (Å²) < 4.78 is 0. The summed E-state index contributed by atoms with van der Waals surface area (Å²) in [6.07, 6.45) is 1.43. The van der Waals surface area contributed by atoms with Gasteiger partial charge in [-0.05, 0) is 30.7 Å². The van der Waals surface area contributed by atoms with Crippen molar-refractivity contribution in [3.05, 3.63) is 24.3 Å². The Kier molecular flexibility index (Phi) is 4.57. The van der Waals surface area contributed by atoms with Crippen molar-refractivity contribution in [1.29, 1.82) is 0 Å². The fourth-order valence-electron chi connectivity index (χ4n) is 2.32. The Morgan fingerprint density at radius 3 is 2.52 bits per heavy atom. The lowest BCUT2D eigenvalue weighted by Crippen LogP contribution is -2.28. The van der Waals surface area contributed by atoms with Crippen LogP contribution in [0, 0.1) is 5.92 Å². The third-order valence-electron chi connectivity index (χ3n) is 3.47. The minimum Gasteiger partial charge on any atom is -0.369 e. The molecule has 1 unspecified atom stereocenters. The molecule has 0 saturated carbocycles. The smallest absolute Gasteiger partial charge is 0.227 e. The van der Waals surface area contributed by atoms with Gasteiger partial charge in [-0.25, -0.2) is 0 Å². The number of primary amides is 1. The van der Waals surface area contributed by atoms with Gasteiger partial charge in [0.15, 0.2) is 0 Å². The van der Waals surface area contributed by atoms with E-state index in [2.05, 4.69) is 5.32 Å². The van der Waals surface area contributed by atoms with Crippen molar-refractivity contribution in [3.8, 4) is 0 Å². The van der Waals surface area contributed by atoms with E-state index in [4.69, 9.17) is 5.73 Å². The molecule has 3 N–H and O–H groups in total. The van der Waals surface area contributed by atoms with E-state index in [1.807, 2.05) is 6.92 Å². The lowest BCUT2D eigenvalue weighted by molar-refractivity contribution is -0.123. The summed E-state index contributed by atoms with van der Waals surface area (Å²) in [4.78, 5) is 36.1. The molecule has 1 aromatic carbocycles. The number of hydrogen-bond acceptors (Lipinski definition) is 3. The number of nitrogens with zero attached hydrogens (tertiary/aromatic N) is 1. The van der Waals surface area contributed by atoms with Crippen molar-refractivity contribution in [2.45, 2.75) is 26.2 Å². The maximum absolute atomic E-state index is 11.9. The molecule has 3 amide bonds. The van der Waals surface area contributed by atoms with Crippen molar-refractivity contribution in [1.82, 2.24) is 0 Å². The van der Waals surface area contributed by atoms with E-state index in [1.165, 1.54) is 0 Å². The van der Waals surface area contributed by atoms with Crippen LogP contribution in [0.25, 0.3) is 0 Å². The molecule has 112 valence electrons. The fourth-order valence-corrected chi connectivity index (χ4v) is 2.32. The van der Waals surface area contributed by atoms with Gasteiger partial charge in [0.05, 0.1) is 5.92 Å². The molecule has 0 radical (unpaired) electrons. The van der Waals surface area contributed by atoms with Gasteiger partial charge in [-0.15, -0.1) is 0 Å². The summed E-state index contributed by atoms with van der Waals surface area (Å²) in [6.45, 7) is 2.26. The van der Waals surface area contributed by atoms with E-state index in [1.54, 1.807) is 29.2 Å². The highest BCUT2D eigenvalue weighted by atomic mass is 16.2. The third kappa shape index (κ3) is 3.59. The topological polar surface area (TPSA) is 92.5 Å². The van der Waals surface area contributed by atoms with Crippen LogP contribution in [0.1, 0.15) is 26.2 Å². The number of amides is 3. The number of carbonyl (C=O) groups excluding carboxylic acids is 3. The maximum Gasteiger partial charge on any atom is 0.227 e. The Morgan fingerprint density at radius 1 is 1.33 bits per heavy atom. The van der Waals surface area contributed by atoms with E-state index in [0.29, 0.717) is 24.3 Å². The second-order valence-electron chi connectivity index (χ2n) is 5.15. The lowest BCUT2D eigenvalue weighted by Gasteiger charge is -2.16. The van der Waals surface area contributed by atoms with E-state index >= 15 is 0 Å². The Morgan fingerprint density at radius 2 is 2.00 bits per heavy atom. The molecule has 1 saturated heterocycles. The second-order valence-corrected chi connectivity index (χ2v) is 5.15. The quantitative estimate of drug-likeness (QED) is 0.854. The Bertz CT molecular complexity index is 554. The van der Waals surface area contributed by atoms with Crippen LogP contribution in [0.5, 0.6) is 0 Å². The van der Waals surface area contributed by atoms with Crippen LogP contribution >= 0.6 is 0 Å². The monoisotopic (exact) mass is 289 g/mol. The molecule has 1 fully saturated rings. The van der Waals surface area contributed by atoms with Crippen molar-refractivity contribution >= 4 is 29.1 Å².